The van der Waals surface area contributed by atoms with Crippen LogP contribution in [0.4, 0.5) is 29.2 Å². The molecule has 8 atom stereocenters. The molecule has 4 fully saturated rings. The average molecular weight is 1070 g/mol. The Morgan fingerprint density at radius 3 is 1.85 bits per heavy atom. The Labute approximate surface area is 426 Å². The Morgan fingerprint density at radius 2 is 1.28 bits per heavy atom. The van der Waals surface area contributed by atoms with Crippen molar-refractivity contribution >= 4 is 51.0 Å². The first-order valence-corrected chi connectivity index (χ1v) is 26.2. The monoisotopic (exact) mass is 1070 g/mol. The van der Waals surface area contributed by atoms with Gasteiger partial charge in [0.2, 0.25) is 11.8 Å². The zero-order chi connectivity index (χ0) is 50.4. The molecule has 2 aliphatic carbocycles. The van der Waals surface area contributed by atoms with E-state index < -0.39 is 37.0 Å². The Morgan fingerprint density at radius 1 is 0.761 bits per heavy atom. The second-order valence-corrected chi connectivity index (χ2v) is 22.3. The maximum Gasteiger partial charge on any atom is 0.401 e. The molecule has 2 aromatic heterocycles. The van der Waals surface area contributed by atoms with E-state index >= 15 is 0 Å². The summed E-state index contributed by atoms with van der Waals surface area (Å²) in [6, 6.07) is 14.6. The van der Waals surface area contributed by atoms with Crippen molar-refractivity contribution in [1.82, 2.24) is 40.0 Å². The van der Waals surface area contributed by atoms with Gasteiger partial charge in [-0.3, -0.25) is 14.5 Å². The maximum absolute atomic E-state index is 14.4. The number of amides is 2. The van der Waals surface area contributed by atoms with Crippen molar-refractivity contribution in [3.63, 3.8) is 0 Å². The van der Waals surface area contributed by atoms with E-state index in [0.717, 1.165) is 45.6 Å². The summed E-state index contributed by atoms with van der Waals surface area (Å²) in [6.07, 6.45) is 1.28. The quantitative estimate of drug-likeness (QED) is 0.156. The summed E-state index contributed by atoms with van der Waals surface area (Å²) in [5.74, 6) is 0.997. The van der Waals surface area contributed by atoms with E-state index in [2.05, 4.69) is 77.0 Å². The van der Waals surface area contributed by atoms with E-state index in [4.69, 9.17) is 11.6 Å². The van der Waals surface area contributed by atoms with Crippen molar-refractivity contribution < 1.29 is 32.3 Å². The summed E-state index contributed by atoms with van der Waals surface area (Å²) in [5.41, 5.74) is 4.90. The number of alkyl halides is 4. The summed E-state index contributed by atoms with van der Waals surface area (Å²) in [7, 11) is 0. The molecule has 2 aromatic carbocycles. The van der Waals surface area contributed by atoms with Gasteiger partial charge in [-0.15, -0.1) is 0 Å². The van der Waals surface area contributed by atoms with Crippen LogP contribution in [0.15, 0.2) is 65.7 Å². The highest BCUT2D eigenvalue weighted by atomic mass is 79.9. The lowest BCUT2D eigenvalue weighted by molar-refractivity contribution is -0.152. The number of fused-ring (bicyclic) bond motifs is 2. The number of carbonyl (C=O) groups is 2. The van der Waals surface area contributed by atoms with Crippen LogP contribution in [0.1, 0.15) is 136 Å². The summed E-state index contributed by atoms with van der Waals surface area (Å²) >= 11 is 9.59. The lowest BCUT2D eigenvalue weighted by Crippen LogP contribution is -2.53. The van der Waals surface area contributed by atoms with Crippen molar-refractivity contribution in [2.75, 3.05) is 75.2 Å². The van der Waals surface area contributed by atoms with Crippen molar-refractivity contribution in [1.29, 1.82) is 0 Å². The normalized spacial score (nSPS) is 26.2. The number of aromatic nitrogens is 4. The molecule has 2 N–H and O–H groups in total. The molecule has 10 rings (SSSR count). The SMILES string of the molecule is C[C@@H]1C[C@@H](O)c2ncnc(N3CCN(C(=O)[C@@H](c4ccc(Cl)cc4)[C@@H]4CCCN4CC(F)(F)F)CC3)c21.C[C@@H]1C[C@H](F)c2ncnc(N3CCN(C(=O)[C@@H](c4ccc(Br)cc4)[C@@H]4CCC(C)(C)N4)CC3)c21. The molecule has 4 saturated heterocycles. The van der Waals surface area contributed by atoms with Gasteiger partial charge in [0.25, 0.3) is 0 Å². The number of halogens is 6. The van der Waals surface area contributed by atoms with Crippen LogP contribution in [0.25, 0.3) is 0 Å². The lowest BCUT2D eigenvalue weighted by atomic mass is 9.88. The average Bonchev–Trinajstić information content (AvgIpc) is 4.10. The van der Waals surface area contributed by atoms with Crippen molar-refractivity contribution in [3.8, 4) is 0 Å². The number of benzene rings is 2. The zero-order valence-corrected chi connectivity index (χ0v) is 43.1. The Balaban J connectivity index is 0.000000176. The summed E-state index contributed by atoms with van der Waals surface area (Å²) in [4.78, 5) is 54.8. The first-order valence-electron chi connectivity index (χ1n) is 25.0. The number of anilines is 2. The van der Waals surface area contributed by atoms with Crippen LogP contribution in [-0.2, 0) is 9.59 Å². The van der Waals surface area contributed by atoms with Gasteiger partial charge in [0.05, 0.1) is 35.9 Å². The summed E-state index contributed by atoms with van der Waals surface area (Å²) in [6.45, 7) is 12.4. The van der Waals surface area contributed by atoms with E-state index in [-0.39, 0.29) is 41.1 Å². The van der Waals surface area contributed by atoms with Gasteiger partial charge in [0.1, 0.15) is 30.5 Å². The van der Waals surface area contributed by atoms with Crippen LogP contribution in [0.5, 0.6) is 0 Å². The van der Waals surface area contributed by atoms with Crippen LogP contribution in [0.2, 0.25) is 5.02 Å². The van der Waals surface area contributed by atoms with Gasteiger partial charge < -0.3 is 30.0 Å². The van der Waals surface area contributed by atoms with Gasteiger partial charge in [-0.05, 0) is 106 Å². The molecule has 6 aliphatic rings. The first kappa shape index (κ1) is 51.4. The fourth-order valence-corrected chi connectivity index (χ4v) is 12.4. The number of hydrogen-bond donors (Lipinski definition) is 2. The highest BCUT2D eigenvalue weighted by Crippen LogP contribution is 2.46. The molecule has 6 heterocycles. The largest absolute Gasteiger partial charge is 0.401 e. The lowest BCUT2D eigenvalue weighted by Gasteiger charge is -2.40. The molecule has 4 aliphatic heterocycles. The van der Waals surface area contributed by atoms with Gasteiger partial charge in [0.15, 0.2) is 0 Å². The number of carbonyl (C=O) groups excluding carboxylic acids is 2. The van der Waals surface area contributed by atoms with E-state index in [9.17, 15) is 32.3 Å². The molecule has 13 nitrogen and oxygen atoms in total. The highest BCUT2D eigenvalue weighted by molar-refractivity contribution is 9.10. The standard InChI is InChI=1S/C26H33BrFN5O.C26H31ClF3N5O2/c1-16-14-19(28)23-21(16)24(30-15-29-23)32-10-12-33(13-11-32)25(34)22(17-4-6-18(27)7-5-17)20-8-9-26(2,3)31-20;1-16-13-20(36)23-21(16)24(32-15-31-23)33-9-11-34(12-10-33)25(37)22(17-4-6-18(27)7-5-17)19-3-2-8-35(19)14-26(28,29)30/h4-7,15-16,19-20,22,31H,8-14H2,1-3H3;4-7,15-16,19-20,22,36H,2-3,8-14H2,1H3/t16-,19+,20+,22+;16-,19+,20-,22+/m11/s1. The third kappa shape index (κ3) is 11.2. The predicted octanol–water partition coefficient (Wildman–Crippen LogP) is 8.85. The zero-order valence-electron chi connectivity index (χ0n) is 40.8. The Hall–Kier alpha value is -4.49. The van der Waals surface area contributed by atoms with E-state index in [1.54, 1.807) is 29.2 Å². The number of aliphatic hydroxyl groups is 1. The van der Waals surface area contributed by atoms with E-state index in [1.807, 2.05) is 30.9 Å². The number of piperazine rings is 2. The number of hydrogen-bond acceptors (Lipinski definition) is 11. The fraction of sp³-hybridized carbons (Fsp3) is 0.577. The summed E-state index contributed by atoms with van der Waals surface area (Å²) < 4.78 is 55.4. The fourth-order valence-electron chi connectivity index (χ4n) is 12.0. The maximum atomic E-state index is 14.4. The highest BCUT2D eigenvalue weighted by Gasteiger charge is 2.45. The number of aliphatic hydroxyl groups excluding tert-OH is 1. The van der Waals surface area contributed by atoms with Crippen LogP contribution in [0.3, 0.4) is 0 Å². The molecule has 0 unspecified atom stereocenters. The van der Waals surface area contributed by atoms with Gasteiger partial charge >= 0.3 is 6.18 Å². The minimum Gasteiger partial charge on any atom is -0.387 e. The van der Waals surface area contributed by atoms with Crippen LogP contribution < -0.4 is 15.1 Å². The molecule has 0 radical (unpaired) electrons. The number of nitrogens with zero attached hydrogens (tertiary/aromatic N) is 9. The van der Waals surface area contributed by atoms with Gasteiger partial charge in [-0.25, -0.2) is 24.3 Å². The Kier molecular flexibility index (Phi) is 15.3. The Bertz CT molecular complexity index is 2530. The number of rotatable bonds is 9. The third-order valence-corrected chi connectivity index (χ3v) is 16.3. The van der Waals surface area contributed by atoms with Crippen molar-refractivity contribution in [2.24, 2.45) is 0 Å². The second kappa shape index (κ2) is 21.2. The second-order valence-electron chi connectivity index (χ2n) is 20.9. The molecule has 2 amide bonds. The minimum atomic E-state index is -4.33. The molecule has 71 heavy (non-hydrogen) atoms. The van der Waals surface area contributed by atoms with Crippen LogP contribution >= 0.6 is 27.5 Å². The molecule has 0 bridgehead atoms. The molecule has 382 valence electrons. The predicted molar refractivity (Wildman–Crippen MR) is 268 cm³/mol. The van der Waals surface area contributed by atoms with E-state index in [1.165, 1.54) is 17.6 Å². The van der Waals surface area contributed by atoms with Crippen molar-refractivity contribution in [2.45, 2.75) is 126 Å². The van der Waals surface area contributed by atoms with Crippen LogP contribution in [-0.4, -0.2) is 141 Å². The third-order valence-electron chi connectivity index (χ3n) is 15.5. The van der Waals surface area contributed by atoms with Gasteiger partial charge in [-0.1, -0.05) is 65.6 Å². The topological polar surface area (TPSA) is 134 Å². The van der Waals surface area contributed by atoms with E-state index in [0.29, 0.717) is 107 Å². The molecular formula is C52H64BrClF4N10O3. The molecule has 0 saturated carbocycles. The van der Waals surface area contributed by atoms with Crippen LogP contribution in [0, 0.1) is 0 Å². The summed E-state index contributed by atoms with van der Waals surface area (Å²) in [5, 5.41) is 14.6. The molecular weight excluding hydrogens is 1000 g/mol. The van der Waals surface area contributed by atoms with Gasteiger partial charge in [0, 0.05) is 90.6 Å². The number of likely N-dealkylation sites (tertiary alicyclic amines) is 1. The first-order chi connectivity index (χ1) is 33.9. The van der Waals surface area contributed by atoms with Crippen molar-refractivity contribution in [3.05, 3.63) is 104 Å². The molecule has 4 aromatic rings. The molecule has 0 spiro atoms. The smallest absolute Gasteiger partial charge is 0.387 e. The van der Waals surface area contributed by atoms with Gasteiger partial charge in [-0.2, -0.15) is 13.2 Å². The molecule has 19 heteroatoms. The number of nitrogens with one attached hydrogen (secondary N) is 1. The minimum absolute atomic E-state index is 0.0373.